The smallest absolute Gasteiger partial charge is 0.252 e. The predicted octanol–water partition coefficient (Wildman–Crippen LogP) is 18.9. The largest absolute Gasteiger partial charge is 0.456 e. The van der Waals surface area contributed by atoms with Crippen LogP contribution in [-0.4, -0.2) is 17.8 Å². The first-order chi connectivity index (χ1) is 38.5. The molecule has 0 amide bonds. The van der Waals surface area contributed by atoms with Gasteiger partial charge in [-0.25, -0.2) is 0 Å². The lowest BCUT2D eigenvalue weighted by Gasteiger charge is -2.54. The van der Waals surface area contributed by atoms with Gasteiger partial charge in [-0.1, -0.05) is 199 Å². The van der Waals surface area contributed by atoms with Gasteiger partial charge in [0.15, 0.2) is 0 Å². The number of anilines is 7. The van der Waals surface area contributed by atoms with Crippen molar-refractivity contribution in [3.8, 4) is 22.3 Å². The van der Waals surface area contributed by atoms with E-state index in [0.717, 1.165) is 30.4 Å². The first kappa shape index (κ1) is 50.9. The zero-order chi connectivity index (χ0) is 56.1. The summed E-state index contributed by atoms with van der Waals surface area (Å²) in [6.45, 7) is 31.8. The van der Waals surface area contributed by atoms with Crippen LogP contribution in [0.2, 0.25) is 0 Å². The molecule has 1 aromatic heterocycles. The highest BCUT2D eigenvalue weighted by atomic mass is 16.3. The molecule has 4 unspecified atom stereocenters. The summed E-state index contributed by atoms with van der Waals surface area (Å²) in [7, 11) is 0. The number of hydrogen-bond donors (Lipinski definition) is 0. The van der Waals surface area contributed by atoms with Gasteiger partial charge in [0.1, 0.15) is 11.2 Å². The Morgan fingerprint density at radius 2 is 1.00 bits per heavy atom. The average Bonchev–Trinajstić information content (AvgIpc) is 1.72. The van der Waals surface area contributed by atoms with Gasteiger partial charge in [-0.15, -0.1) is 0 Å². The maximum absolute atomic E-state index is 7.14. The zero-order valence-corrected chi connectivity index (χ0v) is 50.4. The SMILES string of the molecule is CC(C)(C)c1ccc(N2c3cc4oc5ccc(C(C)(C)C)cc5c4cc3B3c4cc(C(C)(C)C)cc5c4N(c4cc(N6c7ccc(-c8ccccc8)cc7C7(C)CCCCC67C)cc2c43)C2(C)CCCCC52C)c(-c2ccccc2)c1. The Kier molecular flexibility index (Phi) is 10.6. The lowest BCUT2D eigenvalue weighted by molar-refractivity contribution is 0.194. The minimum atomic E-state index is -0.176. The maximum Gasteiger partial charge on any atom is 0.252 e. The molecule has 408 valence electrons. The summed E-state index contributed by atoms with van der Waals surface area (Å²) in [6.07, 6.45) is 9.50. The van der Waals surface area contributed by atoms with Gasteiger partial charge in [-0.05, 0) is 165 Å². The lowest BCUT2D eigenvalue weighted by atomic mass is 9.33. The number of nitrogens with zero attached hydrogens (tertiary/aromatic N) is 3. The number of fused-ring (bicyclic) bond motifs is 13. The van der Waals surface area contributed by atoms with Crippen LogP contribution in [0.3, 0.4) is 0 Å². The van der Waals surface area contributed by atoms with Gasteiger partial charge in [0, 0.05) is 67.4 Å². The standard InChI is InChI=1S/C76H80BN3O/c1-70(2,3)50-29-32-61(54(39-50)48-26-18-15-19-27-48)78-63-46-67-56(55-40-51(71(4,5)6)30-33-66(55)81-67)45-59(63)77-60-42-52(72(7,8)9)41-58-69(60)80(76(13)37-23-21-35-74(58,76)11)65-44-53(43-64(78)68(65)77)79-62-31-28-49(47-24-16-14-17-25-47)38-57(62)73(10)34-20-22-36-75(73,79)12/h14-19,24-33,38-46H,20-23,34-37H2,1-13H3. The highest BCUT2D eigenvalue weighted by molar-refractivity contribution is 7.00. The minimum Gasteiger partial charge on any atom is -0.456 e. The van der Waals surface area contributed by atoms with Crippen molar-refractivity contribution in [1.29, 1.82) is 0 Å². The molecule has 0 bridgehead atoms. The first-order valence-corrected chi connectivity index (χ1v) is 30.7. The van der Waals surface area contributed by atoms with Crippen LogP contribution in [0.5, 0.6) is 0 Å². The van der Waals surface area contributed by atoms with Gasteiger partial charge < -0.3 is 19.1 Å². The van der Waals surface area contributed by atoms with Gasteiger partial charge in [-0.3, -0.25) is 0 Å². The van der Waals surface area contributed by atoms with Crippen LogP contribution < -0.4 is 31.1 Å². The molecule has 8 aromatic carbocycles. The van der Waals surface area contributed by atoms with Gasteiger partial charge in [0.2, 0.25) is 0 Å². The maximum atomic E-state index is 7.14. The van der Waals surface area contributed by atoms with Crippen LogP contribution in [-0.2, 0) is 27.1 Å². The molecule has 15 rings (SSSR count). The average molecular weight is 1060 g/mol. The predicted molar refractivity (Wildman–Crippen MR) is 346 cm³/mol. The van der Waals surface area contributed by atoms with Crippen LogP contribution in [0, 0.1) is 0 Å². The molecule has 0 spiro atoms. The Bertz CT molecular complexity index is 4110. The Balaban J connectivity index is 1.10. The van der Waals surface area contributed by atoms with Gasteiger partial charge >= 0.3 is 0 Å². The second-order valence-electron chi connectivity index (χ2n) is 29.6. The molecule has 0 saturated heterocycles. The summed E-state index contributed by atoms with van der Waals surface area (Å²) in [6, 6.07) is 59.8. The van der Waals surface area contributed by atoms with Crippen LogP contribution in [0.25, 0.3) is 44.2 Å². The molecule has 2 saturated carbocycles. The Morgan fingerprint density at radius 3 is 1.68 bits per heavy atom. The second kappa shape index (κ2) is 16.8. The molecular formula is C76H80BN3O. The van der Waals surface area contributed by atoms with Crippen molar-refractivity contribution in [2.75, 3.05) is 14.7 Å². The van der Waals surface area contributed by atoms with E-state index in [1.807, 2.05) is 0 Å². The zero-order valence-electron chi connectivity index (χ0n) is 50.4. The normalized spacial score (nSPS) is 23.6. The third-order valence-corrected chi connectivity index (χ3v) is 22.0. The number of benzene rings is 8. The van der Waals surface area contributed by atoms with Crippen LogP contribution in [0.15, 0.2) is 156 Å². The van der Waals surface area contributed by atoms with E-state index in [-0.39, 0.29) is 44.9 Å². The van der Waals surface area contributed by atoms with Crippen molar-refractivity contribution in [2.45, 2.75) is 180 Å². The van der Waals surface area contributed by atoms with Crippen molar-refractivity contribution in [3.05, 3.63) is 179 Å². The molecule has 81 heavy (non-hydrogen) atoms. The quantitative estimate of drug-likeness (QED) is 0.164. The van der Waals surface area contributed by atoms with Crippen molar-refractivity contribution >= 4 is 84.9 Å². The summed E-state index contributed by atoms with van der Waals surface area (Å²) in [4.78, 5) is 8.54. The molecule has 5 heteroatoms. The Hall–Kier alpha value is -6.98. The molecule has 4 aliphatic heterocycles. The lowest BCUT2D eigenvalue weighted by Crippen LogP contribution is -2.64. The summed E-state index contributed by atoms with van der Waals surface area (Å²) in [5.41, 5.74) is 26.8. The van der Waals surface area contributed by atoms with E-state index in [2.05, 4.69) is 256 Å². The fourth-order valence-electron chi connectivity index (χ4n) is 16.9. The number of furan rings is 1. The molecule has 2 fully saturated rings. The molecule has 0 N–H and O–H groups in total. The summed E-state index contributed by atoms with van der Waals surface area (Å²) in [5, 5.41) is 2.38. The van der Waals surface area contributed by atoms with Gasteiger partial charge in [-0.2, -0.15) is 0 Å². The Morgan fingerprint density at radius 1 is 0.420 bits per heavy atom. The van der Waals surface area contributed by atoms with Crippen molar-refractivity contribution in [3.63, 3.8) is 0 Å². The third-order valence-electron chi connectivity index (χ3n) is 22.0. The molecule has 9 aromatic rings. The van der Waals surface area contributed by atoms with E-state index in [1.54, 1.807) is 5.56 Å². The molecule has 4 nitrogen and oxygen atoms in total. The van der Waals surface area contributed by atoms with E-state index < -0.39 is 0 Å². The molecule has 2 aliphatic carbocycles. The number of hydrogen-bond acceptors (Lipinski definition) is 4. The second-order valence-corrected chi connectivity index (χ2v) is 29.6. The topological polar surface area (TPSA) is 22.9 Å². The van der Waals surface area contributed by atoms with Crippen molar-refractivity contribution in [1.82, 2.24) is 0 Å². The fourth-order valence-corrected chi connectivity index (χ4v) is 16.9. The van der Waals surface area contributed by atoms with Gasteiger partial charge in [0.25, 0.3) is 6.71 Å². The molecule has 5 heterocycles. The van der Waals surface area contributed by atoms with E-state index in [9.17, 15) is 0 Å². The highest BCUT2D eigenvalue weighted by Crippen LogP contribution is 2.65. The minimum absolute atomic E-state index is 0.0165. The van der Waals surface area contributed by atoms with Crippen LogP contribution in [0.1, 0.15) is 169 Å². The van der Waals surface area contributed by atoms with Crippen molar-refractivity contribution in [2.24, 2.45) is 0 Å². The van der Waals surface area contributed by atoms with E-state index in [4.69, 9.17) is 4.42 Å². The highest BCUT2D eigenvalue weighted by Gasteiger charge is 2.63. The van der Waals surface area contributed by atoms with Crippen LogP contribution >= 0.6 is 0 Å². The third kappa shape index (κ3) is 6.96. The van der Waals surface area contributed by atoms with E-state index in [1.165, 1.54) is 144 Å². The van der Waals surface area contributed by atoms with Crippen LogP contribution in [0.4, 0.5) is 39.8 Å². The summed E-state index contributed by atoms with van der Waals surface area (Å²) < 4.78 is 7.14. The van der Waals surface area contributed by atoms with E-state index in [0.29, 0.717) is 0 Å². The summed E-state index contributed by atoms with van der Waals surface area (Å²) >= 11 is 0. The number of rotatable bonds is 4. The monoisotopic (exact) mass is 1060 g/mol. The molecule has 0 radical (unpaired) electrons. The Labute approximate surface area is 482 Å². The summed E-state index contributed by atoms with van der Waals surface area (Å²) in [5.74, 6) is 0. The van der Waals surface area contributed by atoms with E-state index >= 15 is 0 Å². The molecule has 4 atom stereocenters. The molecular weight excluding hydrogens is 982 g/mol. The first-order valence-electron chi connectivity index (χ1n) is 30.7. The van der Waals surface area contributed by atoms with Gasteiger partial charge in [0.05, 0.1) is 16.8 Å². The van der Waals surface area contributed by atoms with Crippen molar-refractivity contribution < 1.29 is 4.42 Å². The molecule has 6 aliphatic rings. The fraction of sp³-hybridized carbons (Fsp3) is 0.368.